The van der Waals surface area contributed by atoms with Crippen molar-refractivity contribution in [3.05, 3.63) is 41.3 Å². The third-order valence-electron chi connectivity index (χ3n) is 3.59. The average molecular weight is 385 g/mol. The molecule has 3 aromatic rings. The molecule has 5 N–H and O–H groups in total. The summed E-state index contributed by atoms with van der Waals surface area (Å²) in [6.45, 7) is -1.47. The highest BCUT2D eigenvalue weighted by atomic mass is 35.5. The fraction of sp³-hybridized carbons (Fsp3) is 0.133. The van der Waals surface area contributed by atoms with Crippen LogP contribution in [-0.4, -0.2) is 33.2 Å². The summed E-state index contributed by atoms with van der Waals surface area (Å²) in [5, 5.41) is 6.00. The van der Waals surface area contributed by atoms with Gasteiger partial charge in [0, 0.05) is 11.8 Å². The van der Waals surface area contributed by atoms with Crippen LogP contribution in [-0.2, 0) is 0 Å². The fourth-order valence-electron chi connectivity index (χ4n) is 2.46. The van der Waals surface area contributed by atoms with E-state index in [1.165, 1.54) is 29.2 Å². The first kappa shape index (κ1) is 17.8. The van der Waals surface area contributed by atoms with E-state index in [4.69, 9.17) is 23.1 Å². The molecule has 7 nitrogen and oxygen atoms in total. The minimum Gasteiger partial charge on any atom is -0.398 e. The van der Waals surface area contributed by atoms with Crippen LogP contribution in [0.5, 0.6) is 0 Å². The molecule has 0 saturated heterocycles. The van der Waals surface area contributed by atoms with Gasteiger partial charge in [-0.05, 0) is 17.7 Å². The number of nitrogens with one attached hydrogen (secondary N) is 1. The second-order valence-electron chi connectivity index (χ2n) is 5.39. The Morgan fingerprint density at radius 2 is 2.04 bits per heavy atom. The summed E-state index contributed by atoms with van der Waals surface area (Å²) in [4.78, 5) is 16.2. The Hall–Kier alpha value is -3.01. The summed E-state index contributed by atoms with van der Waals surface area (Å²) in [7, 11) is 0. The van der Waals surface area contributed by atoms with E-state index in [-0.39, 0.29) is 27.5 Å². The summed E-state index contributed by atoms with van der Waals surface area (Å²) < 4.78 is 38.6. The zero-order valence-corrected chi connectivity index (χ0v) is 13.8. The zero-order valence-electron chi connectivity index (χ0n) is 13.0. The van der Waals surface area contributed by atoms with Gasteiger partial charge in [0.25, 0.3) is 5.91 Å². The molecular weight excluding hydrogens is 373 g/mol. The number of hydrogen-bond acceptors (Lipinski definition) is 5. The molecule has 1 aromatic carbocycles. The molecule has 26 heavy (non-hydrogen) atoms. The number of anilines is 2. The molecule has 0 saturated carbocycles. The predicted molar refractivity (Wildman–Crippen MR) is 90.6 cm³/mol. The first-order chi connectivity index (χ1) is 12.2. The van der Waals surface area contributed by atoms with Crippen molar-refractivity contribution in [3.63, 3.8) is 0 Å². The predicted octanol–water partition coefficient (Wildman–Crippen LogP) is 2.51. The molecule has 0 aliphatic carbocycles. The molecule has 2 heterocycles. The van der Waals surface area contributed by atoms with Gasteiger partial charge in [-0.3, -0.25) is 4.79 Å². The molecule has 0 radical (unpaired) electrons. The molecule has 0 spiro atoms. The van der Waals surface area contributed by atoms with E-state index in [1.807, 2.05) is 5.32 Å². The number of fused-ring (bicyclic) bond motifs is 1. The van der Waals surface area contributed by atoms with Crippen molar-refractivity contribution in [2.24, 2.45) is 0 Å². The largest absolute Gasteiger partial charge is 0.405 e. The molecular formula is C15H12ClF3N6O. The number of aromatic nitrogens is 3. The van der Waals surface area contributed by atoms with Gasteiger partial charge in [0.2, 0.25) is 0 Å². The van der Waals surface area contributed by atoms with E-state index in [1.54, 1.807) is 6.07 Å². The van der Waals surface area contributed by atoms with Crippen LogP contribution in [0.4, 0.5) is 24.7 Å². The van der Waals surface area contributed by atoms with Gasteiger partial charge in [-0.2, -0.15) is 18.3 Å². The Balaban J connectivity index is 2.18. The number of amides is 1. The maximum absolute atomic E-state index is 12.4. The second-order valence-corrected chi connectivity index (χ2v) is 5.80. The van der Waals surface area contributed by atoms with E-state index in [0.717, 1.165) is 0 Å². The lowest BCUT2D eigenvalue weighted by atomic mass is 10.0. The topological polar surface area (TPSA) is 111 Å². The summed E-state index contributed by atoms with van der Waals surface area (Å²) in [6, 6.07) is 4.57. The smallest absolute Gasteiger partial charge is 0.398 e. The van der Waals surface area contributed by atoms with Crippen molar-refractivity contribution in [1.29, 1.82) is 0 Å². The van der Waals surface area contributed by atoms with Gasteiger partial charge >= 0.3 is 6.18 Å². The highest BCUT2D eigenvalue weighted by Crippen LogP contribution is 2.35. The van der Waals surface area contributed by atoms with Crippen LogP contribution in [0.15, 0.2) is 30.7 Å². The molecule has 2 aromatic heterocycles. The lowest BCUT2D eigenvalue weighted by Crippen LogP contribution is -2.33. The van der Waals surface area contributed by atoms with Gasteiger partial charge < -0.3 is 16.8 Å². The van der Waals surface area contributed by atoms with Crippen molar-refractivity contribution in [1.82, 2.24) is 19.9 Å². The van der Waals surface area contributed by atoms with Gasteiger partial charge in [0.05, 0.1) is 16.3 Å². The number of hydrogen-bond donors (Lipinski definition) is 3. The summed E-state index contributed by atoms with van der Waals surface area (Å²) in [6.07, 6.45) is -2.10. The maximum atomic E-state index is 12.4. The standard InChI is InChI=1S/C15H12ClF3N6O/c16-9-3-7(1-2-10(9)20)11-8(14(26)22-5-15(17,18)19)4-25-12(11)13(21)23-6-24-25/h1-4,6H,5,20H2,(H,22,26)(H2,21,23,24). The Bertz CT molecular complexity index is 1000. The quantitative estimate of drug-likeness (QED) is 0.601. The van der Waals surface area contributed by atoms with Gasteiger partial charge in [0.15, 0.2) is 5.82 Å². The molecule has 0 aliphatic rings. The van der Waals surface area contributed by atoms with E-state index in [2.05, 4.69) is 10.1 Å². The highest BCUT2D eigenvalue weighted by molar-refractivity contribution is 6.33. The monoisotopic (exact) mass is 384 g/mol. The lowest BCUT2D eigenvalue weighted by Gasteiger charge is -2.10. The van der Waals surface area contributed by atoms with E-state index in [0.29, 0.717) is 11.3 Å². The molecule has 0 fully saturated rings. The van der Waals surface area contributed by atoms with E-state index < -0.39 is 18.6 Å². The summed E-state index contributed by atoms with van der Waals surface area (Å²) in [5.41, 5.74) is 12.8. The third kappa shape index (κ3) is 3.36. The molecule has 0 atom stereocenters. The number of carbonyl (C=O) groups is 1. The Labute approximate surface area is 149 Å². The van der Waals surface area contributed by atoms with Crippen LogP contribution in [0, 0.1) is 0 Å². The Morgan fingerprint density at radius 1 is 1.31 bits per heavy atom. The van der Waals surface area contributed by atoms with Gasteiger partial charge in [-0.1, -0.05) is 17.7 Å². The zero-order chi connectivity index (χ0) is 19.1. The number of nitrogen functional groups attached to an aromatic ring is 2. The molecule has 1 amide bonds. The van der Waals surface area contributed by atoms with Crippen molar-refractivity contribution in [3.8, 4) is 11.1 Å². The van der Waals surface area contributed by atoms with Crippen LogP contribution in [0.3, 0.4) is 0 Å². The number of nitrogens with zero attached hydrogens (tertiary/aromatic N) is 3. The van der Waals surface area contributed by atoms with Crippen LogP contribution in [0.1, 0.15) is 10.4 Å². The molecule has 3 rings (SSSR count). The maximum Gasteiger partial charge on any atom is 0.405 e. The van der Waals surface area contributed by atoms with Crippen molar-refractivity contribution in [2.45, 2.75) is 6.18 Å². The summed E-state index contributed by atoms with van der Waals surface area (Å²) >= 11 is 6.03. The van der Waals surface area contributed by atoms with Crippen LogP contribution < -0.4 is 16.8 Å². The normalized spacial score (nSPS) is 11.7. The highest BCUT2D eigenvalue weighted by Gasteiger charge is 2.29. The first-order valence-electron chi connectivity index (χ1n) is 7.19. The first-order valence-corrected chi connectivity index (χ1v) is 7.57. The van der Waals surface area contributed by atoms with E-state index >= 15 is 0 Å². The Morgan fingerprint density at radius 3 is 2.69 bits per heavy atom. The number of alkyl halides is 3. The van der Waals surface area contributed by atoms with Gasteiger partial charge in [0.1, 0.15) is 18.4 Å². The number of nitrogens with two attached hydrogens (primary N) is 2. The van der Waals surface area contributed by atoms with Gasteiger partial charge in [-0.15, -0.1) is 0 Å². The summed E-state index contributed by atoms with van der Waals surface area (Å²) in [5.74, 6) is -0.881. The molecule has 11 heteroatoms. The minimum absolute atomic E-state index is 0.0534. The molecule has 0 bridgehead atoms. The van der Waals surface area contributed by atoms with Crippen LogP contribution >= 0.6 is 11.6 Å². The third-order valence-corrected chi connectivity index (χ3v) is 3.91. The molecule has 0 aliphatic heterocycles. The van der Waals surface area contributed by atoms with Gasteiger partial charge in [-0.25, -0.2) is 9.50 Å². The lowest BCUT2D eigenvalue weighted by molar-refractivity contribution is -0.123. The number of rotatable bonds is 3. The SMILES string of the molecule is Nc1ccc(-c2c(C(=O)NCC(F)(F)F)cn3ncnc(N)c23)cc1Cl. The second kappa shape index (κ2) is 6.37. The van der Waals surface area contributed by atoms with Crippen molar-refractivity contribution < 1.29 is 18.0 Å². The van der Waals surface area contributed by atoms with Crippen molar-refractivity contribution in [2.75, 3.05) is 18.0 Å². The number of benzene rings is 1. The van der Waals surface area contributed by atoms with Crippen LogP contribution in [0.2, 0.25) is 5.02 Å². The Kier molecular flexibility index (Phi) is 4.36. The fourth-order valence-corrected chi connectivity index (χ4v) is 2.64. The minimum atomic E-state index is -4.54. The van der Waals surface area contributed by atoms with Crippen LogP contribution in [0.25, 0.3) is 16.6 Å². The molecule has 0 unspecified atom stereocenters. The number of halogens is 4. The number of carbonyl (C=O) groups excluding carboxylic acids is 1. The van der Waals surface area contributed by atoms with Crippen molar-refractivity contribution >= 4 is 34.5 Å². The molecule has 136 valence electrons. The van der Waals surface area contributed by atoms with E-state index in [9.17, 15) is 18.0 Å². The average Bonchev–Trinajstić information content (AvgIpc) is 2.95.